The molecule has 1 atom stereocenters. The van der Waals surface area contributed by atoms with Gasteiger partial charge in [-0.2, -0.15) is 0 Å². The molecule has 2 heteroatoms. The number of benzene rings is 2. The average Bonchev–Trinajstić information content (AvgIpc) is 2.35. The Hall–Kier alpha value is -1.96. The Morgan fingerprint density at radius 2 is 1.58 bits per heavy atom. The molecule has 1 unspecified atom stereocenters. The van der Waals surface area contributed by atoms with E-state index in [1.807, 2.05) is 19.1 Å². The summed E-state index contributed by atoms with van der Waals surface area (Å²) in [5.74, 6) is 0.343. The van der Waals surface area contributed by atoms with Crippen LogP contribution < -0.4 is 5.32 Å². The maximum Gasteiger partial charge on any atom is 0.120 e. The molecule has 0 aliphatic carbocycles. The van der Waals surface area contributed by atoms with Crippen LogP contribution in [-0.2, 0) is 0 Å². The first-order valence-electron chi connectivity index (χ1n) is 6.60. The van der Waals surface area contributed by atoms with E-state index in [0.717, 1.165) is 16.8 Å². The van der Waals surface area contributed by atoms with Crippen molar-refractivity contribution in [3.8, 4) is 5.75 Å². The van der Waals surface area contributed by atoms with Crippen LogP contribution in [-0.4, -0.2) is 5.11 Å². The maximum absolute atomic E-state index is 9.96. The SMILES string of the molecule is Cc1ccc(NC(C)c2cc(C)ccc2O)c(C)c1. The number of rotatable bonds is 3. The highest BCUT2D eigenvalue weighted by Crippen LogP contribution is 2.29. The summed E-state index contributed by atoms with van der Waals surface area (Å²) in [5, 5.41) is 13.4. The number of aromatic hydroxyl groups is 1. The van der Waals surface area contributed by atoms with Crippen LogP contribution >= 0.6 is 0 Å². The van der Waals surface area contributed by atoms with Crippen molar-refractivity contribution in [1.82, 2.24) is 0 Å². The minimum atomic E-state index is 0.0707. The van der Waals surface area contributed by atoms with E-state index in [0.29, 0.717) is 5.75 Å². The maximum atomic E-state index is 9.96. The quantitative estimate of drug-likeness (QED) is 0.847. The Morgan fingerprint density at radius 1 is 0.947 bits per heavy atom. The molecule has 2 rings (SSSR count). The number of phenols is 1. The summed E-state index contributed by atoms with van der Waals surface area (Å²) in [6.07, 6.45) is 0. The van der Waals surface area contributed by atoms with Gasteiger partial charge in [0.05, 0.1) is 6.04 Å². The third kappa shape index (κ3) is 3.08. The first-order chi connectivity index (χ1) is 8.97. The molecule has 0 aromatic heterocycles. The van der Waals surface area contributed by atoms with E-state index >= 15 is 0 Å². The molecule has 19 heavy (non-hydrogen) atoms. The molecule has 0 fully saturated rings. The van der Waals surface area contributed by atoms with Crippen LogP contribution in [0.4, 0.5) is 5.69 Å². The fraction of sp³-hybridized carbons (Fsp3) is 0.294. The first kappa shape index (κ1) is 13.5. The van der Waals surface area contributed by atoms with Gasteiger partial charge >= 0.3 is 0 Å². The van der Waals surface area contributed by atoms with Gasteiger partial charge in [0.2, 0.25) is 0 Å². The van der Waals surface area contributed by atoms with Gasteiger partial charge < -0.3 is 10.4 Å². The van der Waals surface area contributed by atoms with E-state index < -0.39 is 0 Å². The molecule has 0 aliphatic heterocycles. The number of hydrogen-bond donors (Lipinski definition) is 2. The van der Waals surface area contributed by atoms with Crippen LogP contribution in [0.15, 0.2) is 36.4 Å². The van der Waals surface area contributed by atoms with Crippen molar-refractivity contribution in [2.24, 2.45) is 0 Å². The Morgan fingerprint density at radius 3 is 2.26 bits per heavy atom. The molecular weight excluding hydrogens is 234 g/mol. The van der Waals surface area contributed by atoms with Gasteiger partial charge in [-0.05, 0) is 45.4 Å². The monoisotopic (exact) mass is 255 g/mol. The van der Waals surface area contributed by atoms with Crippen LogP contribution in [0.1, 0.15) is 35.2 Å². The summed E-state index contributed by atoms with van der Waals surface area (Å²) >= 11 is 0. The second-order valence-corrected chi connectivity index (χ2v) is 5.25. The standard InChI is InChI=1S/C17H21NO/c1-11-5-7-16(13(3)9-11)18-14(4)15-10-12(2)6-8-17(15)19/h5-10,14,18-19H,1-4H3. The molecule has 0 bridgehead atoms. The van der Waals surface area contributed by atoms with Crippen molar-refractivity contribution in [3.05, 3.63) is 58.7 Å². The van der Waals surface area contributed by atoms with Crippen molar-refractivity contribution in [3.63, 3.8) is 0 Å². The molecule has 2 nitrogen and oxygen atoms in total. The Balaban J connectivity index is 2.25. The summed E-state index contributed by atoms with van der Waals surface area (Å²) in [4.78, 5) is 0. The lowest BCUT2D eigenvalue weighted by atomic mass is 10.0. The highest BCUT2D eigenvalue weighted by molar-refractivity contribution is 5.54. The summed E-state index contributed by atoms with van der Waals surface area (Å²) in [6.45, 7) is 8.28. The van der Waals surface area contributed by atoms with Crippen molar-refractivity contribution < 1.29 is 5.11 Å². The molecule has 2 aromatic carbocycles. The molecule has 0 spiro atoms. The molecule has 0 saturated carbocycles. The van der Waals surface area contributed by atoms with Gasteiger partial charge in [0.25, 0.3) is 0 Å². The predicted molar refractivity (Wildman–Crippen MR) is 80.8 cm³/mol. The minimum Gasteiger partial charge on any atom is -0.508 e. The van der Waals surface area contributed by atoms with Crippen LogP contribution in [0, 0.1) is 20.8 Å². The molecular formula is C17H21NO. The highest BCUT2D eigenvalue weighted by Gasteiger charge is 2.11. The van der Waals surface area contributed by atoms with Crippen molar-refractivity contribution >= 4 is 5.69 Å². The zero-order chi connectivity index (χ0) is 14.0. The normalized spacial score (nSPS) is 12.2. The third-order valence-corrected chi connectivity index (χ3v) is 3.40. The smallest absolute Gasteiger partial charge is 0.120 e. The zero-order valence-corrected chi connectivity index (χ0v) is 12.0. The van der Waals surface area contributed by atoms with Gasteiger partial charge in [-0.25, -0.2) is 0 Å². The van der Waals surface area contributed by atoms with Gasteiger partial charge in [0, 0.05) is 11.3 Å². The number of phenolic OH excluding ortho intramolecular Hbond substituents is 1. The average molecular weight is 255 g/mol. The highest BCUT2D eigenvalue weighted by atomic mass is 16.3. The molecule has 0 heterocycles. The fourth-order valence-electron chi connectivity index (χ4n) is 2.31. The molecule has 2 aromatic rings. The van der Waals surface area contributed by atoms with Crippen molar-refractivity contribution in [2.75, 3.05) is 5.32 Å². The van der Waals surface area contributed by atoms with Crippen molar-refractivity contribution in [1.29, 1.82) is 0 Å². The predicted octanol–water partition coefficient (Wildman–Crippen LogP) is 4.49. The molecule has 0 saturated heterocycles. The topological polar surface area (TPSA) is 32.3 Å². The van der Waals surface area contributed by atoms with E-state index in [1.165, 1.54) is 11.1 Å². The Kier molecular flexibility index (Phi) is 3.79. The van der Waals surface area contributed by atoms with Gasteiger partial charge in [-0.1, -0.05) is 35.4 Å². The number of aryl methyl sites for hydroxylation is 3. The van der Waals surface area contributed by atoms with E-state index in [1.54, 1.807) is 6.07 Å². The van der Waals surface area contributed by atoms with E-state index in [9.17, 15) is 5.11 Å². The van der Waals surface area contributed by atoms with E-state index in [-0.39, 0.29) is 6.04 Å². The fourth-order valence-corrected chi connectivity index (χ4v) is 2.31. The van der Waals surface area contributed by atoms with Gasteiger partial charge in [0.15, 0.2) is 0 Å². The molecule has 100 valence electrons. The molecule has 0 radical (unpaired) electrons. The lowest BCUT2D eigenvalue weighted by Gasteiger charge is -2.19. The second kappa shape index (κ2) is 5.35. The molecule has 0 amide bonds. The van der Waals surface area contributed by atoms with E-state index in [4.69, 9.17) is 0 Å². The summed E-state index contributed by atoms with van der Waals surface area (Å²) < 4.78 is 0. The number of hydrogen-bond acceptors (Lipinski definition) is 2. The van der Waals surface area contributed by atoms with Gasteiger partial charge in [-0.3, -0.25) is 0 Å². The van der Waals surface area contributed by atoms with Gasteiger partial charge in [0.1, 0.15) is 5.75 Å². The number of nitrogens with one attached hydrogen (secondary N) is 1. The zero-order valence-electron chi connectivity index (χ0n) is 12.0. The van der Waals surface area contributed by atoms with Crippen LogP contribution in [0.5, 0.6) is 5.75 Å². The summed E-state index contributed by atoms with van der Waals surface area (Å²) in [7, 11) is 0. The third-order valence-electron chi connectivity index (χ3n) is 3.40. The van der Waals surface area contributed by atoms with Crippen LogP contribution in [0.3, 0.4) is 0 Å². The lowest BCUT2D eigenvalue weighted by Crippen LogP contribution is -2.08. The van der Waals surface area contributed by atoms with Crippen LogP contribution in [0.25, 0.3) is 0 Å². The number of anilines is 1. The minimum absolute atomic E-state index is 0.0707. The lowest BCUT2D eigenvalue weighted by molar-refractivity contribution is 0.465. The Bertz CT molecular complexity index is 590. The Labute approximate surface area is 115 Å². The summed E-state index contributed by atoms with van der Waals surface area (Å²) in [6, 6.07) is 12.1. The van der Waals surface area contributed by atoms with Gasteiger partial charge in [-0.15, -0.1) is 0 Å². The largest absolute Gasteiger partial charge is 0.508 e. The van der Waals surface area contributed by atoms with Crippen LogP contribution in [0.2, 0.25) is 0 Å². The van der Waals surface area contributed by atoms with E-state index in [2.05, 4.69) is 44.3 Å². The van der Waals surface area contributed by atoms with Crippen molar-refractivity contribution in [2.45, 2.75) is 33.7 Å². The molecule has 0 aliphatic rings. The first-order valence-corrected chi connectivity index (χ1v) is 6.60. The summed E-state index contributed by atoms with van der Waals surface area (Å²) in [5.41, 5.74) is 5.68. The molecule has 2 N–H and O–H groups in total. The second-order valence-electron chi connectivity index (χ2n) is 5.25.